The van der Waals surface area contributed by atoms with Crippen LogP contribution in [0.1, 0.15) is 38.7 Å². The molecule has 0 aromatic heterocycles. The maximum Gasteiger partial charge on any atom is 0.122 e. The van der Waals surface area contributed by atoms with Gasteiger partial charge in [0.15, 0.2) is 0 Å². The third kappa shape index (κ3) is 3.01. The van der Waals surface area contributed by atoms with Crippen molar-refractivity contribution in [1.82, 2.24) is 5.32 Å². The molecule has 1 aromatic carbocycles. The third-order valence-corrected chi connectivity index (χ3v) is 3.55. The van der Waals surface area contributed by atoms with Crippen molar-refractivity contribution in [3.8, 4) is 5.75 Å². The van der Waals surface area contributed by atoms with Crippen LogP contribution in [0.4, 0.5) is 0 Å². The van der Waals surface area contributed by atoms with Gasteiger partial charge in [-0.3, -0.25) is 0 Å². The van der Waals surface area contributed by atoms with Crippen LogP contribution < -0.4 is 10.1 Å². The highest BCUT2D eigenvalue weighted by atomic mass is 16.5. The highest BCUT2D eigenvalue weighted by molar-refractivity contribution is 5.33. The third-order valence-electron chi connectivity index (χ3n) is 3.55. The van der Waals surface area contributed by atoms with E-state index < -0.39 is 0 Å². The molecule has 1 aromatic rings. The number of nitrogens with one attached hydrogen (secondary N) is 1. The molecule has 0 radical (unpaired) electrons. The average molecular weight is 233 g/mol. The number of para-hydroxylation sites is 1. The van der Waals surface area contributed by atoms with Gasteiger partial charge in [-0.15, -0.1) is 0 Å². The fraction of sp³-hybridized carbons (Fsp3) is 0.600. The van der Waals surface area contributed by atoms with Gasteiger partial charge in [0.2, 0.25) is 0 Å². The monoisotopic (exact) mass is 233 g/mol. The molecule has 1 fully saturated rings. The molecule has 0 bridgehead atoms. The number of likely N-dealkylation sites (N-methyl/N-ethyl adjacent to an activating group) is 1. The van der Waals surface area contributed by atoms with Crippen molar-refractivity contribution >= 4 is 0 Å². The summed E-state index contributed by atoms with van der Waals surface area (Å²) in [5.41, 5.74) is 1.31. The Morgan fingerprint density at radius 2 is 2.06 bits per heavy atom. The number of ether oxygens (including phenoxy) is 1. The molecule has 2 atom stereocenters. The van der Waals surface area contributed by atoms with Crippen LogP contribution in [0.2, 0.25) is 0 Å². The first-order valence-electron chi connectivity index (χ1n) is 6.83. The highest BCUT2D eigenvalue weighted by Gasteiger charge is 2.28. The minimum absolute atomic E-state index is 0.350. The van der Waals surface area contributed by atoms with Gasteiger partial charge in [-0.2, -0.15) is 0 Å². The zero-order valence-corrected chi connectivity index (χ0v) is 10.9. The minimum Gasteiger partial charge on any atom is -0.489 e. The van der Waals surface area contributed by atoms with Crippen molar-refractivity contribution < 1.29 is 4.74 Å². The predicted octanol–water partition coefficient (Wildman–Crippen LogP) is 3.16. The quantitative estimate of drug-likeness (QED) is 0.843. The zero-order valence-electron chi connectivity index (χ0n) is 10.9. The standard InChI is InChI=1S/C15H23NO/c1-3-12-8-5-6-10-14(12)17-15-11-7-9-13(15)16-4-2/h5-6,8,10,13,15-16H,3-4,7,9,11H2,1-2H3. The summed E-state index contributed by atoms with van der Waals surface area (Å²) in [5.74, 6) is 1.07. The van der Waals surface area contributed by atoms with E-state index in [4.69, 9.17) is 4.74 Å². The Morgan fingerprint density at radius 3 is 2.82 bits per heavy atom. The lowest BCUT2D eigenvalue weighted by Gasteiger charge is -2.23. The Balaban J connectivity index is 2.04. The van der Waals surface area contributed by atoms with Crippen LogP contribution in [0.5, 0.6) is 5.75 Å². The van der Waals surface area contributed by atoms with Crippen LogP contribution in [0.3, 0.4) is 0 Å². The summed E-state index contributed by atoms with van der Waals surface area (Å²) in [6.45, 7) is 5.37. The Morgan fingerprint density at radius 1 is 1.24 bits per heavy atom. The van der Waals surface area contributed by atoms with Crippen LogP contribution in [-0.4, -0.2) is 18.7 Å². The number of rotatable bonds is 5. The van der Waals surface area contributed by atoms with Crippen LogP contribution in [-0.2, 0) is 6.42 Å². The lowest BCUT2D eigenvalue weighted by Crippen LogP contribution is -2.38. The Bertz CT molecular complexity index is 351. The molecule has 94 valence electrons. The minimum atomic E-state index is 0.350. The molecule has 1 aliphatic carbocycles. The van der Waals surface area contributed by atoms with Crippen LogP contribution >= 0.6 is 0 Å². The Labute approximate surface area is 104 Å². The second-order valence-electron chi connectivity index (χ2n) is 4.71. The summed E-state index contributed by atoms with van der Waals surface area (Å²) in [4.78, 5) is 0. The Kier molecular flexibility index (Phi) is 4.43. The average Bonchev–Trinajstić information content (AvgIpc) is 2.78. The second kappa shape index (κ2) is 6.06. The molecule has 0 amide bonds. The number of aryl methyl sites for hydroxylation is 1. The first kappa shape index (κ1) is 12.4. The van der Waals surface area contributed by atoms with Gasteiger partial charge >= 0.3 is 0 Å². The summed E-state index contributed by atoms with van der Waals surface area (Å²) in [6, 6.07) is 8.94. The van der Waals surface area contributed by atoms with Gasteiger partial charge in [-0.25, -0.2) is 0 Å². The van der Waals surface area contributed by atoms with E-state index in [1.165, 1.54) is 24.8 Å². The summed E-state index contributed by atoms with van der Waals surface area (Å²) in [7, 11) is 0. The van der Waals surface area contributed by atoms with Gasteiger partial charge in [0.05, 0.1) is 0 Å². The highest BCUT2D eigenvalue weighted by Crippen LogP contribution is 2.27. The van der Waals surface area contributed by atoms with E-state index >= 15 is 0 Å². The maximum absolute atomic E-state index is 6.20. The first-order chi connectivity index (χ1) is 8.35. The molecular weight excluding hydrogens is 210 g/mol. The van der Waals surface area contributed by atoms with Crippen molar-refractivity contribution in [3.63, 3.8) is 0 Å². The lowest BCUT2D eigenvalue weighted by atomic mass is 10.1. The van der Waals surface area contributed by atoms with E-state index in [2.05, 4.69) is 43.4 Å². The fourth-order valence-electron chi connectivity index (χ4n) is 2.64. The maximum atomic E-state index is 6.20. The van der Waals surface area contributed by atoms with Crippen molar-refractivity contribution in [3.05, 3.63) is 29.8 Å². The van der Waals surface area contributed by atoms with Gasteiger partial charge in [0, 0.05) is 6.04 Å². The molecule has 2 rings (SSSR count). The van der Waals surface area contributed by atoms with Crippen molar-refractivity contribution in [2.45, 2.75) is 51.7 Å². The van der Waals surface area contributed by atoms with Crippen molar-refractivity contribution in [2.24, 2.45) is 0 Å². The number of hydrogen-bond acceptors (Lipinski definition) is 2. The van der Waals surface area contributed by atoms with Gasteiger partial charge in [-0.05, 0) is 43.9 Å². The summed E-state index contributed by atoms with van der Waals surface area (Å²) in [6.07, 6.45) is 5.08. The van der Waals surface area contributed by atoms with Crippen molar-refractivity contribution in [2.75, 3.05) is 6.54 Å². The van der Waals surface area contributed by atoms with Crippen LogP contribution in [0, 0.1) is 0 Å². The predicted molar refractivity (Wildman–Crippen MR) is 71.6 cm³/mol. The summed E-state index contributed by atoms with van der Waals surface area (Å²) < 4.78 is 6.20. The van der Waals surface area contributed by atoms with Gasteiger partial charge in [-0.1, -0.05) is 32.0 Å². The fourth-order valence-corrected chi connectivity index (χ4v) is 2.64. The molecule has 2 unspecified atom stereocenters. The number of hydrogen-bond donors (Lipinski definition) is 1. The normalized spacial score (nSPS) is 23.9. The van der Waals surface area contributed by atoms with E-state index in [0.29, 0.717) is 12.1 Å². The topological polar surface area (TPSA) is 21.3 Å². The number of benzene rings is 1. The molecule has 2 heteroatoms. The molecule has 1 aliphatic rings. The van der Waals surface area contributed by atoms with E-state index in [0.717, 1.165) is 18.7 Å². The molecular formula is C15H23NO. The van der Waals surface area contributed by atoms with Gasteiger partial charge < -0.3 is 10.1 Å². The Hall–Kier alpha value is -1.02. The van der Waals surface area contributed by atoms with E-state index in [9.17, 15) is 0 Å². The summed E-state index contributed by atoms with van der Waals surface area (Å²) in [5, 5.41) is 3.53. The molecule has 1 saturated carbocycles. The largest absolute Gasteiger partial charge is 0.489 e. The molecule has 0 spiro atoms. The van der Waals surface area contributed by atoms with Crippen LogP contribution in [0.15, 0.2) is 24.3 Å². The van der Waals surface area contributed by atoms with Gasteiger partial charge in [0.1, 0.15) is 11.9 Å². The molecule has 1 N–H and O–H groups in total. The van der Waals surface area contributed by atoms with E-state index in [1.807, 2.05) is 0 Å². The van der Waals surface area contributed by atoms with Gasteiger partial charge in [0.25, 0.3) is 0 Å². The molecule has 0 saturated heterocycles. The second-order valence-corrected chi connectivity index (χ2v) is 4.71. The lowest BCUT2D eigenvalue weighted by molar-refractivity contribution is 0.174. The van der Waals surface area contributed by atoms with E-state index in [-0.39, 0.29) is 0 Å². The first-order valence-corrected chi connectivity index (χ1v) is 6.83. The smallest absolute Gasteiger partial charge is 0.122 e. The molecule has 17 heavy (non-hydrogen) atoms. The van der Waals surface area contributed by atoms with E-state index in [1.54, 1.807) is 0 Å². The molecule has 2 nitrogen and oxygen atoms in total. The SMILES string of the molecule is CCNC1CCCC1Oc1ccccc1CC. The molecule has 0 aliphatic heterocycles. The van der Waals surface area contributed by atoms with Crippen molar-refractivity contribution in [1.29, 1.82) is 0 Å². The summed E-state index contributed by atoms with van der Waals surface area (Å²) >= 11 is 0. The molecule has 0 heterocycles. The zero-order chi connectivity index (χ0) is 12.1. The van der Waals surface area contributed by atoms with Crippen LogP contribution in [0.25, 0.3) is 0 Å².